The van der Waals surface area contributed by atoms with Gasteiger partial charge in [0, 0.05) is 28.6 Å². The Kier molecular flexibility index (Phi) is 5.63. The van der Waals surface area contributed by atoms with Crippen LogP contribution in [-0.4, -0.2) is 30.3 Å². The van der Waals surface area contributed by atoms with Crippen LogP contribution in [0.5, 0.6) is 0 Å². The van der Waals surface area contributed by atoms with E-state index in [1.807, 2.05) is 0 Å². The summed E-state index contributed by atoms with van der Waals surface area (Å²) in [7, 11) is 0. The summed E-state index contributed by atoms with van der Waals surface area (Å²) < 4.78 is 32.3. The van der Waals surface area contributed by atoms with Crippen LogP contribution >= 0.6 is 0 Å². The lowest BCUT2D eigenvalue weighted by Crippen LogP contribution is -2.30. The molecule has 8 heteroatoms. The van der Waals surface area contributed by atoms with Crippen molar-refractivity contribution in [2.45, 2.75) is 19.8 Å². The number of carbonyl (C=O) groups is 2. The summed E-state index contributed by atoms with van der Waals surface area (Å²) in [5.41, 5.74) is 0.667. The number of hydrogen-bond donors (Lipinski definition) is 2. The van der Waals surface area contributed by atoms with Crippen molar-refractivity contribution in [2.24, 2.45) is 5.92 Å². The Hall–Kier alpha value is -3.03. The van der Waals surface area contributed by atoms with E-state index in [2.05, 4.69) is 15.6 Å². The zero-order valence-corrected chi connectivity index (χ0v) is 14.7. The number of esters is 1. The second kappa shape index (κ2) is 8.11. The minimum Gasteiger partial charge on any atom is -0.463 e. The van der Waals surface area contributed by atoms with E-state index in [0.29, 0.717) is 23.9 Å². The molecule has 1 aliphatic carbocycles. The van der Waals surface area contributed by atoms with Crippen LogP contribution in [0.15, 0.2) is 41.9 Å². The van der Waals surface area contributed by atoms with Crippen LogP contribution in [-0.2, 0) is 9.53 Å². The number of amides is 2. The van der Waals surface area contributed by atoms with E-state index in [1.54, 1.807) is 19.1 Å². The molecule has 1 heterocycles. The molecule has 1 unspecified atom stereocenters. The summed E-state index contributed by atoms with van der Waals surface area (Å²) in [6.07, 6.45) is 3.58. The molecule has 2 N–H and O–H groups in total. The highest BCUT2D eigenvalue weighted by atomic mass is 19.1. The fourth-order valence-electron chi connectivity index (χ4n) is 3.20. The third-order valence-electron chi connectivity index (χ3n) is 4.40. The summed E-state index contributed by atoms with van der Waals surface area (Å²) in [6, 6.07) is 3.85. The number of benzene rings is 1. The van der Waals surface area contributed by atoms with Gasteiger partial charge in [-0.25, -0.2) is 14.0 Å². The average molecular weight is 375 g/mol. The molecule has 1 aliphatic rings. The number of nitrogens with zero attached hydrogens (tertiary/aromatic N) is 1. The fourth-order valence-corrected chi connectivity index (χ4v) is 3.20. The number of carbonyl (C=O) groups excluding carboxylic acids is 2. The van der Waals surface area contributed by atoms with Gasteiger partial charge in [-0.05, 0) is 25.8 Å². The maximum atomic E-state index is 14.1. The van der Waals surface area contributed by atoms with E-state index in [9.17, 15) is 18.4 Å². The standard InChI is InChI=1S/C19H19F2N3O3/c1-2-27-18(25)17-11(8-20)6-7-14(17)23-19(26)24-15-10-22-9-12-4-3-5-13(21)16(12)15/h3-5,9-11H,2,6-8H2,1H3,(H2,23,24,26). The summed E-state index contributed by atoms with van der Waals surface area (Å²) in [5, 5.41) is 5.89. The molecule has 0 saturated carbocycles. The van der Waals surface area contributed by atoms with Crippen LogP contribution in [0.2, 0.25) is 0 Å². The summed E-state index contributed by atoms with van der Waals surface area (Å²) >= 11 is 0. The van der Waals surface area contributed by atoms with Crippen molar-refractivity contribution in [1.29, 1.82) is 0 Å². The Morgan fingerprint density at radius 3 is 2.85 bits per heavy atom. The highest BCUT2D eigenvalue weighted by Gasteiger charge is 2.32. The Labute approximate surface area is 154 Å². The molecule has 6 nitrogen and oxygen atoms in total. The van der Waals surface area contributed by atoms with Crippen molar-refractivity contribution in [2.75, 3.05) is 18.6 Å². The van der Waals surface area contributed by atoms with Crippen LogP contribution in [0, 0.1) is 11.7 Å². The van der Waals surface area contributed by atoms with Gasteiger partial charge in [-0.15, -0.1) is 0 Å². The largest absolute Gasteiger partial charge is 0.463 e. The number of aromatic nitrogens is 1. The Balaban J connectivity index is 1.83. The van der Waals surface area contributed by atoms with Crippen molar-refractivity contribution in [3.05, 3.63) is 47.7 Å². The second-order valence-corrected chi connectivity index (χ2v) is 6.11. The lowest BCUT2D eigenvalue weighted by atomic mass is 10.0. The minimum absolute atomic E-state index is 0.150. The van der Waals surface area contributed by atoms with Gasteiger partial charge in [0.05, 0.1) is 30.7 Å². The second-order valence-electron chi connectivity index (χ2n) is 6.11. The number of allylic oxidation sites excluding steroid dienone is 1. The molecule has 0 spiro atoms. The van der Waals surface area contributed by atoms with Gasteiger partial charge in [0.15, 0.2) is 0 Å². The number of hydrogen-bond acceptors (Lipinski definition) is 4. The van der Waals surface area contributed by atoms with Gasteiger partial charge >= 0.3 is 12.0 Å². The predicted octanol–water partition coefficient (Wildman–Crippen LogP) is 3.69. The molecule has 27 heavy (non-hydrogen) atoms. The number of halogens is 2. The van der Waals surface area contributed by atoms with E-state index >= 15 is 0 Å². The molecule has 1 atom stereocenters. The molecule has 0 radical (unpaired) electrons. The van der Waals surface area contributed by atoms with E-state index in [-0.39, 0.29) is 23.3 Å². The minimum atomic E-state index is -0.709. The van der Waals surface area contributed by atoms with Crippen LogP contribution < -0.4 is 10.6 Å². The number of fused-ring (bicyclic) bond motifs is 1. The zero-order chi connectivity index (χ0) is 19.4. The van der Waals surface area contributed by atoms with Gasteiger partial charge in [-0.3, -0.25) is 9.37 Å². The van der Waals surface area contributed by atoms with Crippen LogP contribution in [0.4, 0.5) is 19.3 Å². The number of anilines is 1. The number of pyridine rings is 1. The van der Waals surface area contributed by atoms with Gasteiger partial charge in [0.2, 0.25) is 0 Å². The summed E-state index contributed by atoms with van der Waals surface area (Å²) in [4.78, 5) is 28.5. The van der Waals surface area contributed by atoms with Gasteiger partial charge < -0.3 is 15.4 Å². The maximum absolute atomic E-state index is 14.1. The highest BCUT2D eigenvalue weighted by molar-refractivity contribution is 6.02. The Morgan fingerprint density at radius 2 is 2.11 bits per heavy atom. The first-order valence-electron chi connectivity index (χ1n) is 8.61. The molecule has 2 aromatic rings. The quantitative estimate of drug-likeness (QED) is 0.781. The van der Waals surface area contributed by atoms with E-state index < -0.39 is 30.4 Å². The van der Waals surface area contributed by atoms with Crippen molar-refractivity contribution < 1.29 is 23.1 Å². The van der Waals surface area contributed by atoms with Crippen LogP contribution in [0.1, 0.15) is 19.8 Å². The van der Waals surface area contributed by atoms with E-state index in [0.717, 1.165) is 0 Å². The third kappa shape index (κ3) is 3.89. The molecule has 0 saturated heterocycles. The highest BCUT2D eigenvalue weighted by Crippen LogP contribution is 2.32. The predicted molar refractivity (Wildman–Crippen MR) is 96.2 cm³/mol. The first kappa shape index (κ1) is 18.8. The van der Waals surface area contributed by atoms with Crippen molar-refractivity contribution in [3.63, 3.8) is 0 Å². The molecule has 0 bridgehead atoms. The van der Waals surface area contributed by atoms with Crippen molar-refractivity contribution in [1.82, 2.24) is 10.3 Å². The molecular formula is C19H19F2N3O3. The molecule has 0 aliphatic heterocycles. The number of alkyl halides is 1. The first-order chi connectivity index (χ1) is 13.0. The number of urea groups is 1. The van der Waals surface area contributed by atoms with Gasteiger partial charge in [-0.2, -0.15) is 0 Å². The fraction of sp³-hybridized carbons (Fsp3) is 0.316. The van der Waals surface area contributed by atoms with Crippen LogP contribution in [0.3, 0.4) is 0 Å². The smallest absolute Gasteiger partial charge is 0.336 e. The molecule has 3 rings (SSSR count). The lowest BCUT2D eigenvalue weighted by Gasteiger charge is -2.13. The SMILES string of the molecule is CCOC(=O)C1=C(NC(=O)Nc2cncc3cccc(F)c23)CCC1CF. The molecule has 142 valence electrons. The molecule has 1 aromatic heterocycles. The topological polar surface area (TPSA) is 80.3 Å². The van der Waals surface area contributed by atoms with Gasteiger partial charge in [0.1, 0.15) is 5.82 Å². The number of ether oxygens (including phenoxy) is 1. The van der Waals surface area contributed by atoms with Crippen LogP contribution in [0.25, 0.3) is 10.8 Å². The van der Waals surface area contributed by atoms with Gasteiger partial charge in [0.25, 0.3) is 0 Å². The molecule has 1 aromatic carbocycles. The normalized spacial score (nSPS) is 16.5. The average Bonchev–Trinajstić information content (AvgIpc) is 3.04. The summed E-state index contributed by atoms with van der Waals surface area (Å²) in [5.74, 6) is -1.73. The Bertz CT molecular complexity index is 909. The van der Waals surface area contributed by atoms with Crippen molar-refractivity contribution >= 4 is 28.5 Å². The van der Waals surface area contributed by atoms with Gasteiger partial charge in [-0.1, -0.05) is 12.1 Å². The monoisotopic (exact) mass is 375 g/mol. The molecule has 2 amide bonds. The lowest BCUT2D eigenvalue weighted by molar-refractivity contribution is -0.139. The zero-order valence-electron chi connectivity index (χ0n) is 14.7. The Morgan fingerprint density at radius 1 is 1.30 bits per heavy atom. The van der Waals surface area contributed by atoms with Crippen molar-refractivity contribution in [3.8, 4) is 0 Å². The molecule has 0 fully saturated rings. The third-order valence-corrected chi connectivity index (χ3v) is 4.40. The van der Waals surface area contributed by atoms with E-state index in [1.165, 1.54) is 18.5 Å². The number of nitrogens with one attached hydrogen (secondary N) is 2. The first-order valence-corrected chi connectivity index (χ1v) is 8.61. The molecular weight excluding hydrogens is 356 g/mol. The van der Waals surface area contributed by atoms with E-state index in [4.69, 9.17) is 4.74 Å². The number of rotatable bonds is 5. The summed E-state index contributed by atoms with van der Waals surface area (Å²) in [6.45, 7) is 1.10. The maximum Gasteiger partial charge on any atom is 0.336 e.